The number of carbonyl (C=O) groups excluding carboxylic acids is 1. The number of nitrogens with zero attached hydrogens (tertiary/aromatic N) is 6. The van der Waals surface area contributed by atoms with Crippen molar-refractivity contribution in [3.8, 4) is 0 Å². The van der Waals surface area contributed by atoms with Crippen LogP contribution in [0.3, 0.4) is 0 Å². The van der Waals surface area contributed by atoms with Crippen LogP contribution in [0, 0.1) is 0 Å². The molecule has 1 amide bonds. The summed E-state index contributed by atoms with van der Waals surface area (Å²) in [5.41, 5.74) is 15.6. The van der Waals surface area contributed by atoms with Crippen molar-refractivity contribution in [1.82, 2.24) is 5.32 Å². The molecule has 0 radical (unpaired) electrons. The van der Waals surface area contributed by atoms with Crippen molar-refractivity contribution >= 4 is 5.91 Å². The van der Waals surface area contributed by atoms with Crippen molar-refractivity contribution in [3.05, 3.63) is 20.9 Å². The second-order valence-corrected chi connectivity index (χ2v) is 3.84. The first-order chi connectivity index (χ1) is 7.52. The minimum Gasteiger partial charge on any atom is -0.356 e. The Morgan fingerprint density at radius 1 is 1.38 bits per heavy atom. The number of rotatable bonds is 7. The Morgan fingerprint density at radius 3 is 2.62 bits per heavy atom. The predicted octanol–water partition coefficient (Wildman–Crippen LogP) is 2.28. The van der Waals surface area contributed by atoms with Gasteiger partial charge in [-0.05, 0) is 17.5 Å². The van der Waals surface area contributed by atoms with Gasteiger partial charge in [-0.15, -0.1) is 0 Å². The van der Waals surface area contributed by atoms with E-state index < -0.39 is 5.54 Å². The van der Waals surface area contributed by atoms with Gasteiger partial charge in [0.1, 0.15) is 0 Å². The lowest BCUT2D eigenvalue weighted by molar-refractivity contribution is -0.121. The number of hydrogen-bond donors (Lipinski definition) is 1. The molecule has 0 fully saturated rings. The maximum absolute atomic E-state index is 11.4. The second-order valence-electron chi connectivity index (χ2n) is 3.84. The Labute approximate surface area is 93.3 Å². The average molecular weight is 225 g/mol. The third-order valence-corrected chi connectivity index (χ3v) is 1.73. The van der Waals surface area contributed by atoms with Gasteiger partial charge in [-0.2, -0.15) is 0 Å². The molecule has 8 heteroatoms. The van der Waals surface area contributed by atoms with Crippen LogP contribution in [0.4, 0.5) is 0 Å². The highest BCUT2D eigenvalue weighted by atomic mass is 16.1. The Kier molecular flexibility index (Phi) is 6.51. The first kappa shape index (κ1) is 14.1. The summed E-state index contributed by atoms with van der Waals surface area (Å²) in [6.45, 7) is 4.18. The van der Waals surface area contributed by atoms with Gasteiger partial charge in [-0.1, -0.05) is 24.1 Å². The zero-order valence-corrected chi connectivity index (χ0v) is 9.42. The number of amides is 1. The molecule has 0 aromatic heterocycles. The van der Waals surface area contributed by atoms with Gasteiger partial charge >= 0.3 is 0 Å². The number of nitrogens with one attached hydrogen (secondary N) is 1. The molecule has 1 N–H and O–H groups in total. The minimum absolute atomic E-state index is 0.137. The van der Waals surface area contributed by atoms with Gasteiger partial charge < -0.3 is 5.32 Å². The van der Waals surface area contributed by atoms with E-state index in [4.69, 9.17) is 11.1 Å². The molecule has 0 aliphatic heterocycles. The van der Waals surface area contributed by atoms with Crippen molar-refractivity contribution in [2.75, 3.05) is 13.1 Å². The van der Waals surface area contributed by atoms with Crippen molar-refractivity contribution in [1.29, 1.82) is 0 Å². The minimum atomic E-state index is -0.719. The maximum atomic E-state index is 11.4. The molecule has 0 atom stereocenters. The molecule has 0 heterocycles. The Balaban J connectivity index is 3.82. The highest BCUT2D eigenvalue weighted by molar-refractivity contribution is 5.77. The van der Waals surface area contributed by atoms with Crippen LogP contribution in [0.15, 0.2) is 10.2 Å². The lowest BCUT2D eigenvalue weighted by Gasteiger charge is -2.16. The molecule has 0 aliphatic carbocycles. The predicted molar refractivity (Wildman–Crippen MR) is 59.5 cm³/mol. The van der Waals surface area contributed by atoms with Crippen LogP contribution in [-0.4, -0.2) is 24.5 Å². The quantitative estimate of drug-likeness (QED) is 0.303. The fourth-order valence-corrected chi connectivity index (χ4v) is 1.03. The van der Waals surface area contributed by atoms with Crippen LogP contribution in [-0.2, 0) is 4.79 Å². The number of hydrogen-bond acceptors (Lipinski definition) is 3. The largest absolute Gasteiger partial charge is 0.356 e. The molecule has 8 nitrogen and oxygen atoms in total. The molecular formula is C8H15N7O. The number of carbonyl (C=O) groups is 1. The molecule has 0 bridgehead atoms. The first-order valence-corrected chi connectivity index (χ1v) is 4.85. The molecule has 0 aromatic carbocycles. The molecule has 0 unspecified atom stereocenters. The number of azide groups is 2. The lowest BCUT2D eigenvalue weighted by Crippen LogP contribution is -2.31. The van der Waals surface area contributed by atoms with E-state index in [1.165, 1.54) is 0 Å². The van der Waals surface area contributed by atoms with E-state index in [0.29, 0.717) is 19.5 Å². The SMILES string of the molecule is CC(C)(CC(=O)NCCCN=[N+]=[N-])N=[N+]=[N-]. The fourth-order valence-electron chi connectivity index (χ4n) is 1.03. The van der Waals surface area contributed by atoms with E-state index in [1.807, 2.05) is 0 Å². The molecule has 88 valence electrons. The Morgan fingerprint density at radius 2 is 2.06 bits per heavy atom. The van der Waals surface area contributed by atoms with Gasteiger partial charge in [0, 0.05) is 29.3 Å². The van der Waals surface area contributed by atoms with Gasteiger partial charge in [0.05, 0.1) is 5.54 Å². The summed E-state index contributed by atoms with van der Waals surface area (Å²) in [6.07, 6.45) is 0.732. The van der Waals surface area contributed by atoms with E-state index in [1.54, 1.807) is 13.8 Å². The molecule has 0 aromatic rings. The zero-order chi connectivity index (χ0) is 12.4. The summed E-state index contributed by atoms with van der Waals surface area (Å²) >= 11 is 0. The lowest BCUT2D eigenvalue weighted by atomic mass is 10.0. The second kappa shape index (κ2) is 7.39. The van der Waals surface area contributed by atoms with Gasteiger partial charge in [0.25, 0.3) is 0 Å². The Hall–Kier alpha value is -1.91. The summed E-state index contributed by atoms with van der Waals surface area (Å²) < 4.78 is 0. The third kappa shape index (κ3) is 7.49. The van der Waals surface area contributed by atoms with Gasteiger partial charge in [-0.3, -0.25) is 4.79 Å². The van der Waals surface area contributed by atoms with Crippen LogP contribution < -0.4 is 5.32 Å². The van der Waals surface area contributed by atoms with E-state index in [2.05, 4.69) is 25.4 Å². The van der Waals surface area contributed by atoms with E-state index >= 15 is 0 Å². The van der Waals surface area contributed by atoms with Crippen LogP contribution in [0.2, 0.25) is 0 Å². The van der Waals surface area contributed by atoms with E-state index in [9.17, 15) is 4.79 Å². The van der Waals surface area contributed by atoms with Crippen LogP contribution in [0.25, 0.3) is 20.9 Å². The van der Waals surface area contributed by atoms with Crippen molar-refractivity contribution in [3.63, 3.8) is 0 Å². The molecule has 0 rings (SSSR count). The molecule has 0 saturated heterocycles. The third-order valence-electron chi connectivity index (χ3n) is 1.73. The summed E-state index contributed by atoms with van der Waals surface area (Å²) in [5, 5.41) is 9.49. The molecule has 16 heavy (non-hydrogen) atoms. The highest BCUT2D eigenvalue weighted by Gasteiger charge is 2.19. The standard InChI is InChI=1S/C8H15N7O/c1-8(2,13-15-10)6-7(16)11-4-3-5-12-14-9/h3-6H2,1-2H3,(H,11,16). The van der Waals surface area contributed by atoms with E-state index in [-0.39, 0.29) is 12.3 Å². The average Bonchev–Trinajstić information content (AvgIpc) is 2.16. The smallest absolute Gasteiger partial charge is 0.220 e. The van der Waals surface area contributed by atoms with Gasteiger partial charge in [0.2, 0.25) is 5.91 Å². The monoisotopic (exact) mass is 225 g/mol. The van der Waals surface area contributed by atoms with Crippen molar-refractivity contribution in [2.24, 2.45) is 10.2 Å². The van der Waals surface area contributed by atoms with Gasteiger partial charge in [0.15, 0.2) is 0 Å². The summed E-state index contributed by atoms with van der Waals surface area (Å²) in [7, 11) is 0. The summed E-state index contributed by atoms with van der Waals surface area (Å²) in [6, 6.07) is 0. The summed E-state index contributed by atoms with van der Waals surface area (Å²) in [4.78, 5) is 16.6. The highest BCUT2D eigenvalue weighted by Crippen LogP contribution is 2.13. The van der Waals surface area contributed by atoms with Crippen molar-refractivity contribution < 1.29 is 4.79 Å². The van der Waals surface area contributed by atoms with Crippen LogP contribution in [0.5, 0.6) is 0 Å². The molecule has 0 spiro atoms. The van der Waals surface area contributed by atoms with E-state index in [0.717, 1.165) is 0 Å². The van der Waals surface area contributed by atoms with Crippen LogP contribution >= 0.6 is 0 Å². The topological polar surface area (TPSA) is 127 Å². The molecule has 0 aliphatic rings. The fraction of sp³-hybridized carbons (Fsp3) is 0.875. The normalized spacial score (nSPS) is 9.88. The molecular weight excluding hydrogens is 210 g/mol. The van der Waals surface area contributed by atoms with Crippen LogP contribution in [0.1, 0.15) is 26.7 Å². The molecule has 0 saturated carbocycles. The Bertz CT molecular complexity index is 325. The maximum Gasteiger partial charge on any atom is 0.220 e. The summed E-state index contributed by atoms with van der Waals surface area (Å²) in [5.74, 6) is -0.182. The van der Waals surface area contributed by atoms with Crippen molar-refractivity contribution in [2.45, 2.75) is 32.2 Å². The zero-order valence-electron chi connectivity index (χ0n) is 9.42. The first-order valence-electron chi connectivity index (χ1n) is 4.85. The van der Waals surface area contributed by atoms with Gasteiger partial charge in [-0.25, -0.2) is 0 Å².